The Kier molecular flexibility index (Phi) is 8.18. The number of nitrogens with one attached hydrogen (secondary N) is 1. The molecule has 0 spiro atoms. The van der Waals surface area contributed by atoms with Crippen LogP contribution in [0.15, 0.2) is 18.2 Å². The average Bonchev–Trinajstić information content (AvgIpc) is 2.37. The van der Waals surface area contributed by atoms with Gasteiger partial charge in [0.15, 0.2) is 11.6 Å². The molecule has 114 valence electrons. The number of carbonyl (C=O) groups is 1. The van der Waals surface area contributed by atoms with Crippen LogP contribution in [0.1, 0.15) is 19.4 Å². The molecular weight excluding hydrogens is 283 g/mol. The molecule has 0 aliphatic heterocycles. The van der Waals surface area contributed by atoms with Crippen molar-refractivity contribution in [2.24, 2.45) is 11.7 Å². The lowest BCUT2D eigenvalue weighted by molar-refractivity contribution is -0.123. The first-order valence-corrected chi connectivity index (χ1v) is 6.31. The van der Waals surface area contributed by atoms with E-state index in [0.717, 1.165) is 5.56 Å². The number of hydrogen-bond acceptors (Lipinski definition) is 3. The minimum absolute atomic E-state index is 0. The molecule has 0 radical (unpaired) electrons. The highest BCUT2D eigenvalue weighted by atomic mass is 35.5. The summed E-state index contributed by atoms with van der Waals surface area (Å²) in [6.07, 6.45) is 0.553. The summed E-state index contributed by atoms with van der Waals surface area (Å²) in [5.74, 6) is -0.262. The van der Waals surface area contributed by atoms with Gasteiger partial charge in [-0.2, -0.15) is 0 Å². The Balaban J connectivity index is 0.00000361. The lowest BCUT2D eigenvalue weighted by Gasteiger charge is -2.15. The predicted molar refractivity (Wildman–Crippen MR) is 79.7 cm³/mol. The number of carbonyl (C=O) groups excluding carboxylic acids is 1. The zero-order valence-corrected chi connectivity index (χ0v) is 12.8. The van der Waals surface area contributed by atoms with Crippen molar-refractivity contribution in [3.8, 4) is 5.75 Å². The molecule has 0 aromatic heterocycles. The monoisotopic (exact) mass is 304 g/mol. The smallest absolute Gasteiger partial charge is 0.237 e. The molecule has 1 rings (SSSR count). The van der Waals surface area contributed by atoms with E-state index in [4.69, 9.17) is 10.5 Å². The number of nitrogens with two attached hydrogens (primary N) is 1. The van der Waals surface area contributed by atoms with Gasteiger partial charge in [0, 0.05) is 6.54 Å². The SMILES string of the molecule is COc1ccc(CCNC(=O)[C@@H](N)C(C)C)cc1F.Cl. The maximum atomic E-state index is 13.4. The van der Waals surface area contributed by atoms with E-state index in [-0.39, 0.29) is 30.0 Å². The van der Waals surface area contributed by atoms with Gasteiger partial charge in [-0.3, -0.25) is 4.79 Å². The van der Waals surface area contributed by atoms with Crippen LogP contribution < -0.4 is 15.8 Å². The van der Waals surface area contributed by atoms with Crippen LogP contribution in [0.2, 0.25) is 0 Å². The first kappa shape index (κ1) is 18.7. The van der Waals surface area contributed by atoms with Crippen LogP contribution >= 0.6 is 12.4 Å². The first-order valence-electron chi connectivity index (χ1n) is 6.31. The van der Waals surface area contributed by atoms with Gasteiger partial charge in [0.1, 0.15) is 0 Å². The summed E-state index contributed by atoms with van der Waals surface area (Å²) in [5.41, 5.74) is 6.52. The second kappa shape index (κ2) is 8.76. The third-order valence-corrected chi connectivity index (χ3v) is 2.95. The summed E-state index contributed by atoms with van der Waals surface area (Å²) in [5, 5.41) is 2.74. The zero-order valence-electron chi connectivity index (χ0n) is 12.0. The maximum Gasteiger partial charge on any atom is 0.237 e. The quantitative estimate of drug-likeness (QED) is 0.843. The Morgan fingerprint density at radius 3 is 2.60 bits per heavy atom. The second-order valence-electron chi connectivity index (χ2n) is 4.78. The molecule has 0 bridgehead atoms. The fraction of sp³-hybridized carbons (Fsp3) is 0.500. The molecule has 0 saturated carbocycles. The number of hydrogen-bond donors (Lipinski definition) is 2. The van der Waals surface area contributed by atoms with E-state index in [1.807, 2.05) is 13.8 Å². The summed E-state index contributed by atoms with van der Waals surface area (Å²) in [7, 11) is 1.42. The summed E-state index contributed by atoms with van der Waals surface area (Å²) < 4.78 is 18.3. The largest absolute Gasteiger partial charge is 0.494 e. The molecule has 0 unspecified atom stereocenters. The summed E-state index contributed by atoms with van der Waals surface area (Å²) in [6.45, 7) is 4.22. The molecule has 0 fully saturated rings. The van der Waals surface area contributed by atoms with E-state index in [2.05, 4.69) is 5.32 Å². The highest BCUT2D eigenvalue weighted by molar-refractivity contribution is 5.85. The van der Waals surface area contributed by atoms with Crippen molar-refractivity contribution < 1.29 is 13.9 Å². The van der Waals surface area contributed by atoms with Gasteiger partial charge in [-0.25, -0.2) is 4.39 Å². The van der Waals surface area contributed by atoms with Crippen LogP contribution in [0.4, 0.5) is 4.39 Å². The molecule has 4 nitrogen and oxygen atoms in total. The minimum atomic E-state index is -0.507. The Bertz CT molecular complexity index is 441. The molecule has 0 saturated heterocycles. The molecule has 1 atom stereocenters. The van der Waals surface area contributed by atoms with Gasteiger partial charge in [-0.1, -0.05) is 19.9 Å². The summed E-state index contributed by atoms with van der Waals surface area (Å²) in [6, 6.07) is 4.25. The minimum Gasteiger partial charge on any atom is -0.494 e. The van der Waals surface area contributed by atoms with Gasteiger partial charge in [0.2, 0.25) is 5.91 Å². The lowest BCUT2D eigenvalue weighted by Crippen LogP contribution is -2.44. The van der Waals surface area contributed by atoms with E-state index in [1.165, 1.54) is 13.2 Å². The number of rotatable bonds is 6. The molecule has 0 aliphatic rings. The normalized spacial score (nSPS) is 11.7. The molecule has 3 N–H and O–H groups in total. The fourth-order valence-corrected chi connectivity index (χ4v) is 1.62. The van der Waals surface area contributed by atoms with Gasteiger partial charge < -0.3 is 15.8 Å². The maximum absolute atomic E-state index is 13.4. The number of amides is 1. The number of benzene rings is 1. The highest BCUT2D eigenvalue weighted by Gasteiger charge is 2.16. The van der Waals surface area contributed by atoms with E-state index in [9.17, 15) is 9.18 Å². The Labute approximate surface area is 125 Å². The van der Waals surface area contributed by atoms with Crippen molar-refractivity contribution in [3.05, 3.63) is 29.6 Å². The molecule has 0 aliphatic carbocycles. The molecule has 6 heteroatoms. The van der Waals surface area contributed by atoms with Crippen LogP contribution in [-0.2, 0) is 11.2 Å². The van der Waals surface area contributed by atoms with E-state index in [1.54, 1.807) is 12.1 Å². The van der Waals surface area contributed by atoms with Crippen LogP contribution in [-0.4, -0.2) is 25.6 Å². The van der Waals surface area contributed by atoms with Crippen LogP contribution in [0.5, 0.6) is 5.75 Å². The van der Waals surface area contributed by atoms with Crippen LogP contribution in [0, 0.1) is 11.7 Å². The second-order valence-corrected chi connectivity index (χ2v) is 4.78. The van der Waals surface area contributed by atoms with Crippen molar-refractivity contribution in [2.45, 2.75) is 26.3 Å². The van der Waals surface area contributed by atoms with E-state index >= 15 is 0 Å². The molecular formula is C14H22ClFN2O2. The van der Waals surface area contributed by atoms with Crippen molar-refractivity contribution >= 4 is 18.3 Å². The molecule has 1 aromatic rings. The van der Waals surface area contributed by atoms with Crippen molar-refractivity contribution in [2.75, 3.05) is 13.7 Å². The van der Waals surface area contributed by atoms with Crippen molar-refractivity contribution in [3.63, 3.8) is 0 Å². The lowest BCUT2D eigenvalue weighted by atomic mass is 10.0. The fourth-order valence-electron chi connectivity index (χ4n) is 1.62. The standard InChI is InChI=1S/C14H21FN2O2.ClH/c1-9(2)13(16)14(18)17-7-6-10-4-5-12(19-3)11(15)8-10;/h4-5,8-9,13H,6-7,16H2,1-3H3,(H,17,18);1H/t13-;/m0./s1. The summed E-state index contributed by atoms with van der Waals surface area (Å²) >= 11 is 0. The van der Waals surface area contributed by atoms with Gasteiger partial charge in [0.05, 0.1) is 13.2 Å². The third-order valence-electron chi connectivity index (χ3n) is 2.95. The molecule has 1 amide bonds. The zero-order chi connectivity index (χ0) is 14.4. The average molecular weight is 305 g/mol. The van der Waals surface area contributed by atoms with Crippen LogP contribution in [0.25, 0.3) is 0 Å². The molecule has 20 heavy (non-hydrogen) atoms. The Hall–Kier alpha value is -1.33. The van der Waals surface area contributed by atoms with Gasteiger partial charge in [0.25, 0.3) is 0 Å². The topological polar surface area (TPSA) is 64.3 Å². The number of halogens is 2. The molecule has 0 heterocycles. The Morgan fingerprint density at radius 1 is 1.45 bits per heavy atom. The van der Waals surface area contributed by atoms with Gasteiger partial charge in [-0.15, -0.1) is 12.4 Å². The van der Waals surface area contributed by atoms with Crippen molar-refractivity contribution in [1.82, 2.24) is 5.32 Å². The Morgan fingerprint density at radius 2 is 2.10 bits per heavy atom. The van der Waals surface area contributed by atoms with Gasteiger partial charge in [-0.05, 0) is 30.0 Å². The predicted octanol–water partition coefficient (Wildman–Crippen LogP) is 1.90. The van der Waals surface area contributed by atoms with E-state index in [0.29, 0.717) is 13.0 Å². The molecule has 1 aromatic carbocycles. The van der Waals surface area contributed by atoms with E-state index < -0.39 is 11.9 Å². The van der Waals surface area contributed by atoms with Gasteiger partial charge >= 0.3 is 0 Å². The third kappa shape index (κ3) is 5.35. The highest BCUT2D eigenvalue weighted by Crippen LogP contribution is 2.17. The van der Waals surface area contributed by atoms with Crippen LogP contribution in [0.3, 0.4) is 0 Å². The van der Waals surface area contributed by atoms with Crippen molar-refractivity contribution in [1.29, 1.82) is 0 Å². The number of methoxy groups -OCH3 is 1. The summed E-state index contributed by atoms with van der Waals surface area (Å²) in [4.78, 5) is 11.6. The number of ether oxygens (including phenoxy) is 1. The first-order chi connectivity index (χ1) is 8.95.